The van der Waals surface area contributed by atoms with Gasteiger partial charge in [-0.2, -0.15) is 0 Å². The van der Waals surface area contributed by atoms with Gasteiger partial charge in [-0.05, 0) is 6.42 Å². The number of hydrogen-bond acceptors (Lipinski definition) is 4. The van der Waals surface area contributed by atoms with Crippen LogP contribution < -0.4 is 0 Å². The molecule has 1 heterocycles. The van der Waals surface area contributed by atoms with E-state index in [0.717, 1.165) is 19.3 Å². The number of rotatable bonds is 6. The van der Waals surface area contributed by atoms with Gasteiger partial charge in [0.1, 0.15) is 0 Å². The van der Waals surface area contributed by atoms with Crippen LogP contribution >= 0.6 is 0 Å². The average molecular weight is 198 g/mol. The van der Waals surface area contributed by atoms with E-state index in [-0.39, 0.29) is 6.42 Å². The summed E-state index contributed by atoms with van der Waals surface area (Å²) in [5.74, 6) is 0.170. The van der Waals surface area contributed by atoms with Crippen LogP contribution in [0, 0.1) is 0 Å². The van der Waals surface area contributed by atoms with Crippen molar-refractivity contribution < 1.29 is 14.3 Å². The first-order chi connectivity index (χ1) is 6.72. The van der Waals surface area contributed by atoms with Crippen molar-refractivity contribution >= 4 is 5.97 Å². The third-order valence-electron chi connectivity index (χ3n) is 1.81. The van der Waals surface area contributed by atoms with Crippen LogP contribution in [0.25, 0.3) is 0 Å². The van der Waals surface area contributed by atoms with Crippen LogP contribution in [0.15, 0.2) is 4.42 Å². The summed E-state index contributed by atoms with van der Waals surface area (Å²) in [6.45, 7) is 2.09. The van der Waals surface area contributed by atoms with Gasteiger partial charge in [0.15, 0.2) is 0 Å². The van der Waals surface area contributed by atoms with Crippen LogP contribution in [-0.2, 0) is 17.6 Å². The third kappa shape index (κ3) is 3.55. The van der Waals surface area contributed by atoms with E-state index < -0.39 is 5.97 Å². The molecule has 0 saturated heterocycles. The number of carboxylic acids is 1. The van der Waals surface area contributed by atoms with Crippen molar-refractivity contribution in [1.29, 1.82) is 0 Å². The normalized spacial score (nSPS) is 10.4. The standard InChI is InChI=1S/C9H14N2O3/c1-2-3-4-7-10-11-8(14-7)5-6-9(12)13/h2-6H2,1H3,(H,12,13). The van der Waals surface area contributed by atoms with Crippen molar-refractivity contribution in [3.63, 3.8) is 0 Å². The molecule has 0 fully saturated rings. The molecule has 78 valence electrons. The highest BCUT2D eigenvalue weighted by molar-refractivity contribution is 5.66. The van der Waals surface area contributed by atoms with Crippen molar-refractivity contribution in [2.75, 3.05) is 0 Å². The van der Waals surface area contributed by atoms with E-state index in [4.69, 9.17) is 9.52 Å². The SMILES string of the molecule is CCCCc1nnc(CCC(=O)O)o1. The number of carboxylic acid groups (broad SMARTS) is 1. The number of aromatic nitrogens is 2. The fraction of sp³-hybridized carbons (Fsp3) is 0.667. The average Bonchev–Trinajstić information content (AvgIpc) is 2.59. The van der Waals surface area contributed by atoms with Gasteiger partial charge >= 0.3 is 5.97 Å². The van der Waals surface area contributed by atoms with Crippen LogP contribution in [0.1, 0.15) is 38.0 Å². The Bertz CT molecular complexity index is 296. The van der Waals surface area contributed by atoms with Gasteiger partial charge in [-0.3, -0.25) is 4.79 Å². The highest BCUT2D eigenvalue weighted by Crippen LogP contribution is 2.05. The predicted molar refractivity (Wildman–Crippen MR) is 48.9 cm³/mol. The molecule has 0 unspecified atom stereocenters. The summed E-state index contributed by atoms with van der Waals surface area (Å²) in [6, 6.07) is 0. The van der Waals surface area contributed by atoms with Gasteiger partial charge in [0.25, 0.3) is 0 Å². The summed E-state index contributed by atoms with van der Waals surface area (Å²) in [5, 5.41) is 16.0. The summed E-state index contributed by atoms with van der Waals surface area (Å²) in [5.41, 5.74) is 0. The fourth-order valence-corrected chi connectivity index (χ4v) is 1.03. The first-order valence-electron chi connectivity index (χ1n) is 4.75. The van der Waals surface area contributed by atoms with Crippen LogP contribution in [0.5, 0.6) is 0 Å². The van der Waals surface area contributed by atoms with E-state index in [1.807, 2.05) is 0 Å². The molecule has 0 bridgehead atoms. The Morgan fingerprint density at radius 2 is 2.00 bits per heavy atom. The van der Waals surface area contributed by atoms with E-state index in [1.165, 1.54) is 0 Å². The van der Waals surface area contributed by atoms with Gasteiger partial charge in [-0.25, -0.2) is 0 Å². The molecule has 0 spiro atoms. The van der Waals surface area contributed by atoms with Gasteiger partial charge in [-0.1, -0.05) is 13.3 Å². The van der Waals surface area contributed by atoms with E-state index in [9.17, 15) is 4.79 Å². The van der Waals surface area contributed by atoms with Crippen molar-refractivity contribution in [3.05, 3.63) is 11.8 Å². The van der Waals surface area contributed by atoms with Gasteiger partial charge in [0.2, 0.25) is 11.8 Å². The molecule has 0 aliphatic carbocycles. The van der Waals surface area contributed by atoms with Crippen molar-refractivity contribution in [2.45, 2.75) is 39.0 Å². The lowest BCUT2D eigenvalue weighted by Gasteiger charge is -1.90. The summed E-state index contributed by atoms with van der Waals surface area (Å²) in [6.07, 6.45) is 3.22. The van der Waals surface area contributed by atoms with E-state index >= 15 is 0 Å². The first-order valence-corrected chi connectivity index (χ1v) is 4.75. The number of unbranched alkanes of at least 4 members (excludes halogenated alkanes) is 1. The maximum atomic E-state index is 10.3. The highest BCUT2D eigenvalue weighted by Gasteiger charge is 2.07. The van der Waals surface area contributed by atoms with Gasteiger partial charge < -0.3 is 9.52 Å². The predicted octanol–water partition coefficient (Wildman–Crippen LogP) is 1.43. The van der Waals surface area contributed by atoms with Gasteiger partial charge in [0.05, 0.1) is 6.42 Å². The third-order valence-corrected chi connectivity index (χ3v) is 1.81. The zero-order valence-corrected chi connectivity index (χ0v) is 8.19. The maximum Gasteiger partial charge on any atom is 0.303 e. The van der Waals surface area contributed by atoms with Crippen molar-refractivity contribution in [3.8, 4) is 0 Å². The fourth-order valence-electron chi connectivity index (χ4n) is 1.03. The molecule has 0 atom stereocenters. The molecule has 0 radical (unpaired) electrons. The molecule has 1 aromatic heterocycles. The summed E-state index contributed by atoms with van der Waals surface area (Å²) < 4.78 is 5.25. The molecule has 0 aliphatic heterocycles. The van der Waals surface area contributed by atoms with Crippen LogP contribution in [-0.4, -0.2) is 21.3 Å². The molecule has 0 saturated carbocycles. The Kier molecular flexibility index (Phi) is 4.10. The zero-order chi connectivity index (χ0) is 10.4. The van der Waals surface area contributed by atoms with Gasteiger partial charge in [0, 0.05) is 12.8 Å². The second-order valence-electron chi connectivity index (χ2n) is 3.09. The topological polar surface area (TPSA) is 76.2 Å². The highest BCUT2D eigenvalue weighted by atomic mass is 16.4. The molecule has 0 amide bonds. The second kappa shape index (κ2) is 5.36. The van der Waals surface area contributed by atoms with Crippen LogP contribution in [0.4, 0.5) is 0 Å². The summed E-state index contributed by atoms with van der Waals surface area (Å²) in [4.78, 5) is 10.3. The van der Waals surface area contributed by atoms with Gasteiger partial charge in [-0.15, -0.1) is 10.2 Å². The number of hydrogen-bond donors (Lipinski definition) is 1. The van der Waals surface area contributed by atoms with Crippen molar-refractivity contribution in [1.82, 2.24) is 10.2 Å². The quantitative estimate of drug-likeness (QED) is 0.748. The largest absolute Gasteiger partial charge is 0.481 e. The van der Waals surface area contributed by atoms with Crippen LogP contribution in [0.3, 0.4) is 0 Å². The van der Waals surface area contributed by atoms with Crippen molar-refractivity contribution in [2.24, 2.45) is 0 Å². The Morgan fingerprint density at radius 1 is 1.36 bits per heavy atom. The molecular weight excluding hydrogens is 184 g/mol. The lowest BCUT2D eigenvalue weighted by Crippen LogP contribution is -1.97. The Balaban J connectivity index is 2.38. The minimum absolute atomic E-state index is 0.0371. The van der Waals surface area contributed by atoms with E-state index in [0.29, 0.717) is 18.2 Å². The molecule has 0 aliphatic rings. The smallest absolute Gasteiger partial charge is 0.303 e. The second-order valence-corrected chi connectivity index (χ2v) is 3.09. The Hall–Kier alpha value is -1.39. The number of nitrogens with zero attached hydrogens (tertiary/aromatic N) is 2. The lowest BCUT2D eigenvalue weighted by molar-refractivity contribution is -0.137. The molecule has 5 nitrogen and oxygen atoms in total. The number of aliphatic carboxylic acids is 1. The summed E-state index contributed by atoms with van der Waals surface area (Å²) in [7, 11) is 0. The molecule has 5 heteroatoms. The zero-order valence-electron chi connectivity index (χ0n) is 8.19. The molecule has 14 heavy (non-hydrogen) atoms. The minimum Gasteiger partial charge on any atom is -0.481 e. The monoisotopic (exact) mass is 198 g/mol. The molecule has 1 rings (SSSR count). The Labute approximate surface area is 82.1 Å². The Morgan fingerprint density at radius 3 is 2.57 bits per heavy atom. The van der Waals surface area contributed by atoms with E-state index in [1.54, 1.807) is 0 Å². The maximum absolute atomic E-state index is 10.3. The number of aryl methyl sites for hydroxylation is 2. The van der Waals surface area contributed by atoms with Crippen LogP contribution in [0.2, 0.25) is 0 Å². The molecular formula is C9H14N2O3. The summed E-state index contributed by atoms with van der Waals surface area (Å²) >= 11 is 0. The molecule has 0 aromatic carbocycles. The number of carbonyl (C=O) groups is 1. The molecule has 1 N–H and O–H groups in total. The minimum atomic E-state index is -0.849. The first kappa shape index (κ1) is 10.7. The molecule has 1 aromatic rings. The lowest BCUT2D eigenvalue weighted by atomic mass is 10.2. The van der Waals surface area contributed by atoms with E-state index in [2.05, 4.69) is 17.1 Å².